The zero-order valence-corrected chi connectivity index (χ0v) is 12.8. The highest BCUT2D eigenvalue weighted by atomic mass is 35.5. The van der Waals surface area contributed by atoms with Crippen LogP contribution in [0.25, 0.3) is 11.4 Å². The third-order valence-electron chi connectivity index (χ3n) is 3.27. The summed E-state index contributed by atoms with van der Waals surface area (Å²) in [5.41, 5.74) is 0.0491. The summed E-state index contributed by atoms with van der Waals surface area (Å²) in [5.74, 6) is 1.07. The van der Waals surface area contributed by atoms with E-state index in [-0.39, 0.29) is 16.5 Å². The number of aromatic amines is 1. The van der Waals surface area contributed by atoms with Crippen molar-refractivity contribution < 1.29 is 18.3 Å². The molecule has 124 valence electrons. The Balaban J connectivity index is 1.84. The lowest BCUT2D eigenvalue weighted by molar-refractivity contribution is -0.137. The van der Waals surface area contributed by atoms with E-state index in [1.54, 1.807) is 12.1 Å². The first-order valence-corrected chi connectivity index (χ1v) is 7.19. The van der Waals surface area contributed by atoms with E-state index < -0.39 is 11.7 Å². The van der Waals surface area contributed by atoms with Crippen molar-refractivity contribution in [3.05, 3.63) is 59.2 Å². The summed E-state index contributed by atoms with van der Waals surface area (Å²) >= 11 is 5.59. The molecule has 3 rings (SSSR count). The molecule has 24 heavy (non-hydrogen) atoms. The number of imidazole rings is 1. The molecular formula is C16H11ClF3N3O. The SMILES string of the molecule is Oc1ccc(-c2ncc(Nc3ccc(Cl)c(C(F)(F)F)c3)[nH]2)cc1. The van der Waals surface area contributed by atoms with Gasteiger partial charge in [0.15, 0.2) is 0 Å². The summed E-state index contributed by atoms with van der Waals surface area (Å²) in [7, 11) is 0. The highest BCUT2D eigenvalue weighted by molar-refractivity contribution is 6.31. The first kappa shape index (κ1) is 16.2. The van der Waals surface area contributed by atoms with Crippen LogP contribution in [0, 0.1) is 0 Å². The number of aromatic hydroxyl groups is 1. The lowest BCUT2D eigenvalue weighted by Gasteiger charge is -2.11. The number of nitrogens with one attached hydrogen (secondary N) is 2. The number of nitrogens with zero attached hydrogens (tertiary/aromatic N) is 1. The van der Waals surface area contributed by atoms with Crippen LogP contribution in [0.1, 0.15) is 5.56 Å². The zero-order chi connectivity index (χ0) is 17.3. The molecule has 0 fully saturated rings. The van der Waals surface area contributed by atoms with Crippen molar-refractivity contribution in [1.29, 1.82) is 0 Å². The van der Waals surface area contributed by atoms with Gasteiger partial charge in [0, 0.05) is 11.3 Å². The predicted molar refractivity (Wildman–Crippen MR) is 85.4 cm³/mol. The van der Waals surface area contributed by atoms with Crippen LogP contribution in [0.2, 0.25) is 5.02 Å². The standard InChI is InChI=1S/C16H11ClF3N3O/c17-13-6-3-10(7-12(13)16(18,19)20)22-14-8-21-15(23-14)9-1-4-11(24)5-2-9/h1-8,22,24H,(H,21,23). The Morgan fingerprint density at radius 1 is 1.08 bits per heavy atom. The van der Waals surface area contributed by atoms with Gasteiger partial charge in [0.2, 0.25) is 0 Å². The molecule has 3 aromatic rings. The molecule has 0 saturated heterocycles. The summed E-state index contributed by atoms with van der Waals surface area (Å²) in [6.45, 7) is 0. The maximum Gasteiger partial charge on any atom is 0.417 e. The molecule has 0 saturated carbocycles. The minimum absolute atomic E-state index is 0.129. The minimum Gasteiger partial charge on any atom is -0.508 e. The topological polar surface area (TPSA) is 60.9 Å². The van der Waals surface area contributed by atoms with Gasteiger partial charge in [-0.2, -0.15) is 13.2 Å². The molecule has 0 atom stereocenters. The van der Waals surface area contributed by atoms with E-state index in [1.807, 2.05) is 0 Å². The van der Waals surface area contributed by atoms with Crippen LogP contribution >= 0.6 is 11.6 Å². The number of hydrogen-bond donors (Lipinski definition) is 3. The van der Waals surface area contributed by atoms with E-state index >= 15 is 0 Å². The van der Waals surface area contributed by atoms with Gasteiger partial charge in [0.05, 0.1) is 16.8 Å². The summed E-state index contributed by atoms with van der Waals surface area (Å²) in [6, 6.07) is 9.93. The van der Waals surface area contributed by atoms with Gasteiger partial charge in [-0.15, -0.1) is 0 Å². The molecule has 2 aromatic carbocycles. The Kier molecular flexibility index (Phi) is 4.11. The number of phenolic OH excluding ortho intramolecular Hbond substituents is 1. The van der Waals surface area contributed by atoms with Gasteiger partial charge >= 0.3 is 6.18 Å². The van der Waals surface area contributed by atoms with Gasteiger partial charge in [-0.05, 0) is 42.5 Å². The number of rotatable bonds is 3. The highest BCUT2D eigenvalue weighted by Gasteiger charge is 2.33. The van der Waals surface area contributed by atoms with Crippen molar-refractivity contribution in [3.63, 3.8) is 0 Å². The quantitative estimate of drug-likeness (QED) is 0.606. The molecule has 0 radical (unpaired) electrons. The van der Waals surface area contributed by atoms with E-state index in [4.69, 9.17) is 11.6 Å². The Hall–Kier alpha value is -2.67. The molecule has 0 aliphatic heterocycles. The smallest absolute Gasteiger partial charge is 0.417 e. The van der Waals surface area contributed by atoms with Crippen LogP contribution in [0.3, 0.4) is 0 Å². The number of H-pyrrole nitrogens is 1. The first-order chi connectivity index (χ1) is 11.3. The molecule has 1 aromatic heterocycles. The molecule has 0 aliphatic rings. The average molecular weight is 354 g/mol. The second-order valence-electron chi connectivity index (χ2n) is 5.01. The van der Waals surface area contributed by atoms with Gasteiger partial charge in [-0.3, -0.25) is 0 Å². The normalized spacial score (nSPS) is 11.5. The Bertz CT molecular complexity index is 860. The van der Waals surface area contributed by atoms with E-state index in [2.05, 4.69) is 15.3 Å². The van der Waals surface area contributed by atoms with E-state index in [0.29, 0.717) is 11.6 Å². The molecule has 4 nitrogen and oxygen atoms in total. The monoisotopic (exact) mass is 353 g/mol. The first-order valence-electron chi connectivity index (χ1n) is 6.81. The van der Waals surface area contributed by atoms with Crippen molar-refractivity contribution in [2.45, 2.75) is 6.18 Å². The molecule has 0 amide bonds. The van der Waals surface area contributed by atoms with Crippen LogP contribution in [0.5, 0.6) is 5.75 Å². The Morgan fingerprint density at radius 3 is 2.46 bits per heavy atom. The summed E-state index contributed by atoms with van der Waals surface area (Å²) < 4.78 is 38.6. The fraction of sp³-hybridized carbons (Fsp3) is 0.0625. The van der Waals surface area contributed by atoms with Gasteiger partial charge in [0.1, 0.15) is 17.4 Å². The average Bonchev–Trinajstić information content (AvgIpc) is 2.97. The molecule has 0 spiro atoms. The molecule has 1 heterocycles. The van der Waals surface area contributed by atoms with Crippen LogP contribution < -0.4 is 5.32 Å². The molecule has 0 aliphatic carbocycles. The summed E-state index contributed by atoms with van der Waals surface area (Å²) in [4.78, 5) is 7.11. The van der Waals surface area contributed by atoms with Crippen LogP contribution in [0.15, 0.2) is 48.7 Å². The number of alkyl halides is 3. The van der Waals surface area contributed by atoms with Crippen molar-refractivity contribution in [2.24, 2.45) is 0 Å². The Labute approximate surface area is 139 Å². The van der Waals surface area contributed by atoms with E-state index in [9.17, 15) is 18.3 Å². The lowest BCUT2D eigenvalue weighted by Crippen LogP contribution is -2.06. The minimum atomic E-state index is -4.53. The maximum absolute atomic E-state index is 12.9. The van der Waals surface area contributed by atoms with Gasteiger partial charge < -0.3 is 15.4 Å². The van der Waals surface area contributed by atoms with Gasteiger partial charge in [-0.25, -0.2) is 4.98 Å². The number of halogens is 4. The van der Waals surface area contributed by atoms with Crippen LogP contribution in [-0.2, 0) is 6.18 Å². The number of phenols is 1. The largest absolute Gasteiger partial charge is 0.508 e. The summed E-state index contributed by atoms with van der Waals surface area (Å²) in [6.07, 6.45) is -3.07. The number of anilines is 2. The second kappa shape index (κ2) is 6.09. The fourth-order valence-electron chi connectivity index (χ4n) is 2.13. The third kappa shape index (κ3) is 3.46. The number of benzene rings is 2. The van der Waals surface area contributed by atoms with Crippen molar-refractivity contribution >= 4 is 23.1 Å². The lowest BCUT2D eigenvalue weighted by atomic mass is 10.2. The number of hydrogen-bond acceptors (Lipinski definition) is 3. The molecule has 3 N–H and O–H groups in total. The predicted octanol–water partition coefficient (Wildman–Crippen LogP) is 5.20. The molecule has 0 bridgehead atoms. The maximum atomic E-state index is 12.9. The van der Waals surface area contributed by atoms with Crippen LogP contribution in [-0.4, -0.2) is 15.1 Å². The zero-order valence-electron chi connectivity index (χ0n) is 12.0. The van der Waals surface area contributed by atoms with Crippen molar-refractivity contribution in [3.8, 4) is 17.1 Å². The van der Waals surface area contributed by atoms with Crippen molar-refractivity contribution in [1.82, 2.24) is 9.97 Å². The van der Waals surface area contributed by atoms with E-state index in [1.165, 1.54) is 30.5 Å². The third-order valence-corrected chi connectivity index (χ3v) is 3.60. The molecule has 0 unspecified atom stereocenters. The molecule has 8 heteroatoms. The summed E-state index contributed by atoms with van der Waals surface area (Å²) in [5, 5.41) is 11.7. The number of aromatic nitrogens is 2. The van der Waals surface area contributed by atoms with Crippen LogP contribution in [0.4, 0.5) is 24.7 Å². The van der Waals surface area contributed by atoms with Gasteiger partial charge in [0.25, 0.3) is 0 Å². The van der Waals surface area contributed by atoms with Crippen molar-refractivity contribution in [2.75, 3.05) is 5.32 Å². The van der Waals surface area contributed by atoms with Gasteiger partial charge in [-0.1, -0.05) is 11.6 Å². The second-order valence-corrected chi connectivity index (χ2v) is 5.42. The fourth-order valence-corrected chi connectivity index (χ4v) is 2.35. The molecular weight excluding hydrogens is 343 g/mol. The highest BCUT2D eigenvalue weighted by Crippen LogP contribution is 2.36. The van der Waals surface area contributed by atoms with E-state index in [0.717, 1.165) is 11.6 Å². The Morgan fingerprint density at radius 2 is 1.79 bits per heavy atom.